The molecule has 0 spiro atoms. The number of rotatable bonds is 6. The highest BCUT2D eigenvalue weighted by molar-refractivity contribution is 7.99. The minimum absolute atomic E-state index is 0.00824. The number of nitrogens with one attached hydrogen (secondary N) is 1. The van der Waals surface area contributed by atoms with Crippen molar-refractivity contribution in [1.82, 2.24) is 5.32 Å². The highest BCUT2D eigenvalue weighted by atomic mass is 35.5. The molecule has 0 aliphatic rings. The summed E-state index contributed by atoms with van der Waals surface area (Å²) < 4.78 is 0. The van der Waals surface area contributed by atoms with E-state index in [1.165, 1.54) is 22.9 Å². The number of thioether (sulfide) groups is 1. The van der Waals surface area contributed by atoms with E-state index in [0.717, 1.165) is 11.1 Å². The Kier molecular flexibility index (Phi) is 7.02. The molecule has 0 saturated carbocycles. The van der Waals surface area contributed by atoms with Crippen molar-refractivity contribution in [2.24, 2.45) is 0 Å². The number of halogens is 2. The van der Waals surface area contributed by atoms with Crippen molar-refractivity contribution in [2.75, 3.05) is 5.75 Å². The number of carbonyl (C=O) groups is 1. The minimum atomic E-state index is -0.0127. The van der Waals surface area contributed by atoms with Crippen molar-refractivity contribution in [3.05, 3.63) is 68.7 Å². The van der Waals surface area contributed by atoms with E-state index in [9.17, 15) is 4.79 Å². The maximum Gasteiger partial charge on any atom is 0.230 e. The first-order valence-electron chi connectivity index (χ1n) is 7.75. The Hall–Kier alpha value is -1.16. The highest BCUT2D eigenvalue weighted by Crippen LogP contribution is 2.28. The molecule has 1 atom stereocenters. The van der Waals surface area contributed by atoms with Gasteiger partial charge >= 0.3 is 0 Å². The molecule has 0 fully saturated rings. The number of hydrogen-bond donors (Lipinski definition) is 1. The van der Waals surface area contributed by atoms with Gasteiger partial charge in [0, 0.05) is 15.8 Å². The molecule has 0 aliphatic heterocycles. The second kappa shape index (κ2) is 8.80. The molecule has 0 saturated heterocycles. The molecule has 24 heavy (non-hydrogen) atoms. The monoisotopic (exact) mass is 381 g/mol. The largest absolute Gasteiger partial charge is 0.349 e. The molecule has 0 aliphatic carbocycles. The summed E-state index contributed by atoms with van der Waals surface area (Å²) >= 11 is 13.8. The van der Waals surface area contributed by atoms with Gasteiger partial charge in [0.15, 0.2) is 0 Å². The van der Waals surface area contributed by atoms with E-state index in [-0.39, 0.29) is 11.9 Å². The van der Waals surface area contributed by atoms with Crippen LogP contribution in [0.1, 0.15) is 35.2 Å². The molecule has 1 N–H and O–H groups in total. The van der Waals surface area contributed by atoms with Crippen LogP contribution in [0.15, 0.2) is 36.4 Å². The SMILES string of the molecule is Cc1ccc(C(C)NC(=O)CSCc2c(Cl)cccc2Cl)cc1C. The molecule has 2 aromatic carbocycles. The summed E-state index contributed by atoms with van der Waals surface area (Å²) in [5.74, 6) is 0.995. The Morgan fingerprint density at radius 2 is 1.79 bits per heavy atom. The first-order valence-corrected chi connectivity index (χ1v) is 9.66. The third-order valence-electron chi connectivity index (χ3n) is 3.95. The third kappa shape index (κ3) is 5.17. The van der Waals surface area contributed by atoms with Crippen LogP contribution in [0.3, 0.4) is 0 Å². The van der Waals surface area contributed by atoms with Gasteiger partial charge in [-0.25, -0.2) is 0 Å². The zero-order chi connectivity index (χ0) is 17.7. The predicted molar refractivity (Wildman–Crippen MR) is 105 cm³/mol. The average Bonchev–Trinajstić information content (AvgIpc) is 2.52. The molecule has 0 heterocycles. The van der Waals surface area contributed by atoms with Crippen LogP contribution in [0.5, 0.6) is 0 Å². The normalized spacial score (nSPS) is 12.0. The Balaban J connectivity index is 1.85. The summed E-state index contributed by atoms with van der Waals surface area (Å²) in [4.78, 5) is 12.1. The van der Waals surface area contributed by atoms with Crippen molar-refractivity contribution < 1.29 is 4.79 Å². The molecule has 5 heteroatoms. The van der Waals surface area contributed by atoms with E-state index in [1.807, 2.05) is 25.1 Å². The van der Waals surface area contributed by atoms with Crippen molar-refractivity contribution in [2.45, 2.75) is 32.6 Å². The van der Waals surface area contributed by atoms with Gasteiger partial charge in [0.2, 0.25) is 5.91 Å². The summed E-state index contributed by atoms with van der Waals surface area (Å²) in [5.41, 5.74) is 4.48. The van der Waals surface area contributed by atoms with Crippen molar-refractivity contribution in [3.63, 3.8) is 0 Å². The smallest absolute Gasteiger partial charge is 0.230 e. The number of amides is 1. The number of benzene rings is 2. The minimum Gasteiger partial charge on any atom is -0.349 e. The van der Waals surface area contributed by atoms with E-state index >= 15 is 0 Å². The van der Waals surface area contributed by atoms with Crippen LogP contribution in [0.25, 0.3) is 0 Å². The van der Waals surface area contributed by atoms with Gasteiger partial charge in [-0.1, -0.05) is 47.5 Å². The summed E-state index contributed by atoms with van der Waals surface area (Å²) in [6, 6.07) is 11.7. The summed E-state index contributed by atoms with van der Waals surface area (Å²) in [6.07, 6.45) is 0. The number of carbonyl (C=O) groups excluding carboxylic acids is 1. The lowest BCUT2D eigenvalue weighted by molar-refractivity contribution is -0.119. The fourth-order valence-electron chi connectivity index (χ4n) is 2.32. The predicted octanol–water partition coefficient (Wildman–Crippen LogP) is 5.72. The van der Waals surface area contributed by atoms with E-state index in [1.54, 1.807) is 0 Å². The van der Waals surface area contributed by atoms with Gasteiger partial charge in [0.05, 0.1) is 11.8 Å². The van der Waals surface area contributed by atoms with Gasteiger partial charge in [-0.05, 0) is 55.2 Å². The topological polar surface area (TPSA) is 29.1 Å². The van der Waals surface area contributed by atoms with E-state index in [4.69, 9.17) is 23.2 Å². The average molecular weight is 382 g/mol. The molecule has 128 valence electrons. The van der Waals surface area contributed by atoms with Crippen LogP contribution in [0.4, 0.5) is 0 Å². The molecule has 0 bridgehead atoms. The molecular weight excluding hydrogens is 361 g/mol. The fraction of sp³-hybridized carbons (Fsp3) is 0.316. The van der Waals surface area contributed by atoms with Crippen molar-refractivity contribution in [1.29, 1.82) is 0 Å². The molecule has 0 aromatic heterocycles. The number of hydrogen-bond acceptors (Lipinski definition) is 2. The lowest BCUT2D eigenvalue weighted by Gasteiger charge is -2.16. The van der Waals surface area contributed by atoms with E-state index in [0.29, 0.717) is 21.6 Å². The van der Waals surface area contributed by atoms with Gasteiger partial charge in [0.25, 0.3) is 0 Å². The zero-order valence-electron chi connectivity index (χ0n) is 14.0. The molecule has 2 rings (SSSR count). The maximum atomic E-state index is 12.1. The van der Waals surface area contributed by atoms with Gasteiger partial charge < -0.3 is 5.32 Å². The molecule has 2 nitrogen and oxygen atoms in total. The van der Waals surface area contributed by atoms with Gasteiger partial charge in [-0.15, -0.1) is 11.8 Å². The maximum absolute atomic E-state index is 12.1. The molecule has 1 amide bonds. The Bertz CT molecular complexity index is 713. The van der Waals surface area contributed by atoms with E-state index in [2.05, 4.69) is 37.4 Å². The zero-order valence-corrected chi connectivity index (χ0v) is 16.4. The first kappa shape index (κ1) is 19.2. The van der Waals surface area contributed by atoms with Gasteiger partial charge in [-0.2, -0.15) is 0 Å². The molecule has 2 aromatic rings. The standard InChI is InChI=1S/C19H21Cl2NOS/c1-12-7-8-15(9-13(12)2)14(3)22-19(23)11-24-10-16-17(20)5-4-6-18(16)21/h4-9,14H,10-11H2,1-3H3,(H,22,23). The van der Waals surface area contributed by atoms with Crippen molar-refractivity contribution >= 4 is 40.9 Å². The highest BCUT2D eigenvalue weighted by Gasteiger charge is 2.11. The second-order valence-corrected chi connectivity index (χ2v) is 7.63. The van der Waals surface area contributed by atoms with Crippen molar-refractivity contribution in [3.8, 4) is 0 Å². The third-order valence-corrected chi connectivity index (χ3v) is 5.62. The summed E-state index contributed by atoms with van der Waals surface area (Å²) in [5, 5.41) is 4.31. The quantitative estimate of drug-likeness (QED) is 0.692. The van der Waals surface area contributed by atoms with Crippen LogP contribution in [-0.2, 0) is 10.5 Å². The van der Waals surface area contributed by atoms with E-state index < -0.39 is 0 Å². The first-order chi connectivity index (χ1) is 11.4. The Morgan fingerprint density at radius 1 is 1.12 bits per heavy atom. The number of aryl methyl sites for hydroxylation is 2. The fourth-order valence-corrected chi connectivity index (χ4v) is 3.89. The van der Waals surface area contributed by atoms with Crippen LogP contribution < -0.4 is 5.32 Å². The summed E-state index contributed by atoms with van der Waals surface area (Å²) in [6.45, 7) is 6.16. The Labute approximate surface area is 157 Å². The Morgan fingerprint density at radius 3 is 2.42 bits per heavy atom. The van der Waals surface area contributed by atoms with Crippen LogP contribution in [-0.4, -0.2) is 11.7 Å². The summed E-state index contributed by atoms with van der Waals surface area (Å²) in [7, 11) is 0. The molecule has 0 radical (unpaired) electrons. The second-order valence-electron chi connectivity index (χ2n) is 5.83. The molecular formula is C19H21Cl2NOS. The van der Waals surface area contributed by atoms with Crippen LogP contribution in [0.2, 0.25) is 10.0 Å². The van der Waals surface area contributed by atoms with Crippen LogP contribution in [0, 0.1) is 13.8 Å². The van der Waals surface area contributed by atoms with Crippen LogP contribution >= 0.6 is 35.0 Å². The van der Waals surface area contributed by atoms with Gasteiger partial charge in [0.1, 0.15) is 0 Å². The molecule has 1 unspecified atom stereocenters. The van der Waals surface area contributed by atoms with Gasteiger partial charge in [-0.3, -0.25) is 4.79 Å². The lowest BCUT2D eigenvalue weighted by atomic mass is 10.0. The lowest BCUT2D eigenvalue weighted by Crippen LogP contribution is -2.28.